The highest BCUT2D eigenvalue weighted by molar-refractivity contribution is 5.92. The average molecular weight is 275 g/mol. The van der Waals surface area contributed by atoms with Crippen molar-refractivity contribution < 1.29 is 4.79 Å². The van der Waals surface area contributed by atoms with Crippen molar-refractivity contribution in [3.63, 3.8) is 0 Å². The van der Waals surface area contributed by atoms with Gasteiger partial charge in [0.2, 0.25) is 0 Å². The fourth-order valence-corrected chi connectivity index (χ4v) is 2.71. The molecule has 1 aliphatic rings. The lowest BCUT2D eigenvalue weighted by molar-refractivity contribution is 0.218. The Kier molecular flexibility index (Phi) is 4.04. The third-order valence-electron chi connectivity index (χ3n) is 3.73. The van der Waals surface area contributed by atoms with Crippen molar-refractivity contribution in [2.24, 2.45) is 5.41 Å². The molecule has 1 atom stereocenters. The summed E-state index contributed by atoms with van der Waals surface area (Å²) in [5.41, 5.74) is 3.54. The van der Waals surface area contributed by atoms with Gasteiger partial charge in [-0.15, -0.1) is 0 Å². The van der Waals surface area contributed by atoms with Gasteiger partial charge in [0.1, 0.15) is 0 Å². The molecule has 4 nitrogen and oxygen atoms in total. The Hall–Kier alpha value is -1.55. The zero-order valence-corrected chi connectivity index (χ0v) is 13.1. The van der Waals surface area contributed by atoms with Gasteiger partial charge < -0.3 is 15.5 Å². The largest absolute Gasteiger partial charge is 0.323 e. The van der Waals surface area contributed by atoms with E-state index in [4.69, 9.17) is 0 Å². The van der Waals surface area contributed by atoms with Crippen molar-refractivity contribution in [3.8, 4) is 0 Å². The van der Waals surface area contributed by atoms with Gasteiger partial charge in [-0.2, -0.15) is 0 Å². The second kappa shape index (κ2) is 5.44. The molecule has 2 amide bonds. The minimum atomic E-state index is -0.0377. The quantitative estimate of drug-likeness (QED) is 0.888. The van der Waals surface area contributed by atoms with Gasteiger partial charge in [-0.05, 0) is 29.2 Å². The van der Waals surface area contributed by atoms with E-state index in [1.54, 1.807) is 4.90 Å². The molecule has 0 fully saturated rings. The maximum Gasteiger partial charge on any atom is 0.321 e. The van der Waals surface area contributed by atoms with Gasteiger partial charge in [-0.1, -0.05) is 39.8 Å². The fraction of sp³-hybridized carbons (Fsp3) is 0.562. The van der Waals surface area contributed by atoms with E-state index in [0.29, 0.717) is 12.6 Å². The zero-order valence-electron chi connectivity index (χ0n) is 13.1. The standard InChI is InChI=1S/C16H25N3O/c1-6-17-14(16(2,3)4)11-7-8-13-12(9-11)10-19(5)15(20)18-13/h7-9,14,17H,6,10H2,1-5H3,(H,18,20). The number of carbonyl (C=O) groups is 1. The molecule has 0 aliphatic carbocycles. The smallest absolute Gasteiger partial charge is 0.321 e. The van der Waals surface area contributed by atoms with E-state index >= 15 is 0 Å². The maximum atomic E-state index is 11.6. The number of amides is 2. The Bertz CT molecular complexity index is 505. The molecule has 1 unspecified atom stereocenters. The number of hydrogen-bond acceptors (Lipinski definition) is 2. The summed E-state index contributed by atoms with van der Waals surface area (Å²) in [6.45, 7) is 10.5. The molecule has 2 N–H and O–H groups in total. The van der Waals surface area contributed by atoms with E-state index in [9.17, 15) is 4.79 Å². The topological polar surface area (TPSA) is 44.4 Å². The highest BCUT2D eigenvalue weighted by Crippen LogP contribution is 2.35. The lowest BCUT2D eigenvalue weighted by atomic mass is 9.81. The molecule has 1 heterocycles. The summed E-state index contributed by atoms with van der Waals surface area (Å²) < 4.78 is 0. The predicted octanol–water partition coefficient (Wildman–Crippen LogP) is 3.36. The first-order valence-corrected chi connectivity index (χ1v) is 7.21. The minimum absolute atomic E-state index is 0.0377. The molecule has 1 aliphatic heterocycles. The molecule has 4 heteroatoms. The normalized spacial score (nSPS) is 16.6. The van der Waals surface area contributed by atoms with E-state index < -0.39 is 0 Å². The van der Waals surface area contributed by atoms with Crippen molar-refractivity contribution in [2.45, 2.75) is 40.3 Å². The molecule has 110 valence electrons. The van der Waals surface area contributed by atoms with Crippen molar-refractivity contribution in [2.75, 3.05) is 18.9 Å². The van der Waals surface area contributed by atoms with Crippen LogP contribution in [0.5, 0.6) is 0 Å². The number of nitrogens with one attached hydrogen (secondary N) is 2. The second-order valence-corrected chi connectivity index (χ2v) is 6.56. The van der Waals surface area contributed by atoms with Crippen molar-refractivity contribution >= 4 is 11.7 Å². The molecular formula is C16H25N3O. The van der Waals surface area contributed by atoms with Crippen LogP contribution >= 0.6 is 0 Å². The van der Waals surface area contributed by atoms with Crippen molar-refractivity contribution in [3.05, 3.63) is 29.3 Å². The van der Waals surface area contributed by atoms with Gasteiger partial charge >= 0.3 is 6.03 Å². The lowest BCUT2D eigenvalue weighted by Crippen LogP contribution is -2.36. The Morgan fingerprint density at radius 3 is 2.70 bits per heavy atom. The van der Waals surface area contributed by atoms with Gasteiger partial charge in [-0.3, -0.25) is 0 Å². The second-order valence-electron chi connectivity index (χ2n) is 6.56. The van der Waals surface area contributed by atoms with Crippen LogP contribution in [0.1, 0.15) is 44.9 Å². The summed E-state index contributed by atoms with van der Waals surface area (Å²) in [6.07, 6.45) is 0. The van der Waals surface area contributed by atoms with E-state index in [0.717, 1.165) is 12.2 Å². The van der Waals surface area contributed by atoms with Gasteiger partial charge in [-0.25, -0.2) is 4.79 Å². The van der Waals surface area contributed by atoms with Gasteiger partial charge in [0.05, 0.1) is 0 Å². The van der Waals surface area contributed by atoms with Crippen LogP contribution in [-0.2, 0) is 6.54 Å². The number of carbonyl (C=O) groups excluding carboxylic acids is 1. The summed E-state index contributed by atoms with van der Waals surface area (Å²) in [4.78, 5) is 13.3. The van der Waals surface area contributed by atoms with E-state index in [1.807, 2.05) is 13.1 Å². The summed E-state index contributed by atoms with van der Waals surface area (Å²) in [5.74, 6) is 0. The number of anilines is 1. The third-order valence-corrected chi connectivity index (χ3v) is 3.73. The number of urea groups is 1. The molecule has 0 bridgehead atoms. The highest BCUT2D eigenvalue weighted by Gasteiger charge is 2.27. The van der Waals surface area contributed by atoms with Crippen LogP contribution in [0.3, 0.4) is 0 Å². The minimum Gasteiger partial charge on any atom is -0.323 e. The number of nitrogens with zero attached hydrogens (tertiary/aromatic N) is 1. The van der Waals surface area contributed by atoms with E-state index in [2.05, 4.69) is 50.5 Å². The summed E-state index contributed by atoms with van der Waals surface area (Å²) >= 11 is 0. The molecule has 20 heavy (non-hydrogen) atoms. The molecule has 1 aromatic carbocycles. The van der Waals surface area contributed by atoms with Crippen LogP contribution in [0, 0.1) is 5.41 Å². The first-order chi connectivity index (χ1) is 9.32. The molecule has 0 spiro atoms. The lowest BCUT2D eigenvalue weighted by Gasteiger charge is -2.33. The Labute approximate surface area is 121 Å². The number of benzene rings is 1. The fourth-order valence-electron chi connectivity index (χ4n) is 2.71. The summed E-state index contributed by atoms with van der Waals surface area (Å²) in [5, 5.41) is 6.48. The molecule has 0 aromatic heterocycles. The van der Waals surface area contributed by atoms with Gasteiger partial charge in [0.25, 0.3) is 0 Å². The van der Waals surface area contributed by atoms with Gasteiger partial charge in [0.15, 0.2) is 0 Å². The molecule has 2 rings (SSSR count). The maximum absolute atomic E-state index is 11.6. The van der Waals surface area contributed by atoms with Crippen molar-refractivity contribution in [1.29, 1.82) is 0 Å². The first-order valence-electron chi connectivity index (χ1n) is 7.21. The molecule has 1 aromatic rings. The highest BCUT2D eigenvalue weighted by atomic mass is 16.2. The van der Waals surface area contributed by atoms with Crippen LogP contribution in [0.4, 0.5) is 10.5 Å². The van der Waals surface area contributed by atoms with Crippen LogP contribution in [0.25, 0.3) is 0 Å². The predicted molar refractivity (Wildman–Crippen MR) is 82.8 cm³/mol. The monoisotopic (exact) mass is 275 g/mol. The van der Waals surface area contributed by atoms with Crippen molar-refractivity contribution in [1.82, 2.24) is 10.2 Å². The summed E-state index contributed by atoms with van der Waals surface area (Å²) in [7, 11) is 1.82. The number of hydrogen-bond donors (Lipinski definition) is 2. The van der Waals surface area contributed by atoms with Crippen LogP contribution in [-0.4, -0.2) is 24.5 Å². The van der Waals surface area contributed by atoms with Crippen LogP contribution < -0.4 is 10.6 Å². The number of rotatable bonds is 3. The molecule has 0 radical (unpaired) electrons. The Morgan fingerprint density at radius 1 is 1.40 bits per heavy atom. The first kappa shape index (κ1) is 14.9. The van der Waals surface area contributed by atoms with E-state index in [-0.39, 0.29) is 11.4 Å². The molecular weight excluding hydrogens is 250 g/mol. The number of fused-ring (bicyclic) bond motifs is 1. The molecule has 0 saturated carbocycles. The average Bonchev–Trinajstić information content (AvgIpc) is 2.35. The zero-order chi connectivity index (χ0) is 14.9. The van der Waals surface area contributed by atoms with Crippen LogP contribution in [0.2, 0.25) is 0 Å². The van der Waals surface area contributed by atoms with Crippen LogP contribution in [0.15, 0.2) is 18.2 Å². The Morgan fingerprint density at radius 2 is 2.10 bits per heavy atom. The SMILES string of the molecule is CCNC(c1ccc2c(c1)CN(C)C(=O)N2)C(C)(C)C. The van der Waals surface area contributed by atoms with Gasteiger partial charge in [0, 0.05) is 25.3 Å². The summed E-state index contributed by atoms with van der Waals surface area (Å²) in [6, 6.07) is 6.61. The Balaban J connectivity index is 2.34. The molecule has 0 saturated heterocycles. The third kappa shape index (κ3) is 2.96. The van der Waals surface area contributed by atoms with E-state index in [1.165, 1.54) is 11.1 Å².